The van der Waals surface area contributed by atoms with E-state index in [0.29, 0.717) is 5.82 Å². The van der Waals surface area contributed by atoms with Crippen LogP contribution in [0.1, 0.15) is 11.3 Å². The average molecular weight is 225 g/mol. The molecule has 0 aliphatic carbocycles. The number of pyridine rings is 1. The number of fused-ring (bicyclic) bond motifs is 1. The number of aromatic nitrogens is 1. The Morgan fingerprint density at radius 2 is 2.00 bits per heavy atom. The molecule has 0 bridgehead atoms. The van der Waals surface area contributed by atoms with Crippen LogP contribution in [0.15, 0.2) is 42.5 Å². The summed E-state index contributed by atoms with van der Waals surface area (Å²) in [5, 5.41) is 0. The largest absolute Gasteiger partial charge is 0.384 e. The first kappa shape index (κ1) is 10.1. The number of rotatable bonds is 2. The van der Waals surface area contributed by atoms with E-state index in [1.165, 1.54) is 11.3 Å². The van der Waals surface area contributed by atoms with Crippen LogP contribution in [0.25, 0.3) is 0 Å². The maximum atomic E-state index is 5.70. The van der Waals surface area contributed by atoms with Crippen molar-refractivity contribution in [3.05, 3.63) is 53.7 Å². The first-order valence-electron chi connectivity index (χ1n) is 5.87. The van der Waals surface area contributed by atoms with Crippen molar-refractivity contribution in [3.63, 3.8) is 0 Å². The fourth-order valence-electron chi connectivity index (χ4n) is 2.35. The summed E-state index contributed by atoms with van der Waals surface area (Å²) in [6, 6.07) is 14.4. The van der Waals surface area contributed by atoms with Crippen molar-refractivity contribution in [2.45, 2.75) is 13.0 Å². The third kappa shape index (κ3) is 1.96. The molecule has 1 aromatic heterocycles. The van der Waals surface area contributed by atoms with Gasteiger partial charge in [-0.3, -0.25) is 0 Å². The van der Waals surface area contributed by atoms with Gasteiger partial charge in [-0.25, -0.2) is 4.98 Å². The zero-order chi connectivity index (χ0) is 11.7. The molecule has 0 unspecified atom stereocenters. The Bertz CT molecular complexity index is 536. The van der Waals surface area contributed by atoms with Crippen LogP contribution in [0.3, 0.4) is 0 Å². The van der Waals surface area contributed by atoms with Gasteiger partial charge in [-0.15, -0.1) is 0 Å². The summed E-state index contributed by atoms with van der Waals surface area (Å²) in [6.07, 6.45) is 1.12. The Labute approximate surface area is 101 Å². The summed E-state index contributed by atoms with van der Waals surface area (Å²) in [7, 11) is 0. The lowest BCUT2D eigenvalue weighted by Gasteiger charge is -2.18. The summed E-state index contributed by atoms with van der Waals surface area (Å²) >= 11 is 0. The van der Waals surface area contributed by atoms with Gasteiger partial charge in [-0.2, -0.15) is 0 Å². The van der Waals surface area contributed by atoms with Crippen LogP contribution >= 0.6 is 0 Å². The molecular formula is C14H15N3. The molecule has 0 spiro atoms. The molecule has 0 amide bonds. The molecule has 1 aromatic carbocycles. The third-order valence-corrected chi connectivity index (χ3v) is 3.16. The maximum absolute atomic E-state index is 5.70. The predicted octanol–water partition coefficient (Wildman–Crippen LogP) is 2.23. The lowest BCUT2D eigenvalue weighted by molar-refractivity contribution is 0.816. The normalized spacial score (nSPS) is 13.8. The second-order valence-electron chi connectivity index (χ2n) is 4.35. The first-order chi connectivity index (χ1) is 8.33. The summed E-state index contributed by atoms with van der Waals surface area (Å²) in [6.45, 7) is 1.90. The number of nitrogens with zero attached hydrogens (tertiary/aromatic N) is 2. The Morgan fingerprint density at radius 3 is 2.88 bits per heavy atom. The zero-order valence-electron chi connectivity index (χ0n) is 9.63. The number of para-hydroxylation sites is 1. The van der Waals surface area contributed by atoms with E-state index in [9.17, 15) is 0 Å². The van der Waals surface area contributed by atoms with E-state index in [2.05, 4.69) is 34.1 Å². The van der Waals surface area contributed by atoms with Crippen molar-refractivity contribution in [3.8, 4) is 0 Å². The quantitative estimate of drug-likeness (QED) is 0.852. The van der Waals surface area contributed by atoms with Gasteiger partial charge < -0.3 is 10.6 Å². The van der Waals surface area contributed by atoms with Crippen molar-refractivity contribution in [2.75, 3.05) is 17.2 Å². The van der Waals surface area contributed by atoms with Crippen LogP contribution in [0.2, 0.25) is 0 Å². The van der Waals surface area contributed by atoms with E-state index < -0.39 is 0 Å². The molecule has 1 aliphatic rings. The van der Waals surface area contributed by atoms with Gasteiger partial charge in [0.2, 0.25) is 0 Å². The van der Waals surface area contributed by atoms with E-state index in [-0.39, 0.29) is 0 Å². The zero-order valence-corrected chi connectivity index (χ0v) is 9.63. The smallest absolute Gasteiger partial charge is 0.123 e. The molecule has 2 heterocycles. The number of nitrogen functional groups attached to an aromatic ring is 1. The maximum Gasteiger partial charge on any atom is 0.123 e. The molecule has 0 fully saturated rings. The standard InChI is InChI=1S/C14H15N3/c15-14-7-3-5-12(16-14)10-17-9-8-11-4-1-2-6-13(11)17/h1-7H,8-10H2,(H2,15,16). The second-order valence-corrected chi connectivity index (χ2v) is 4.35. The lowest BCUT2D eigenvalue weighted by atomic mass is 10.2. The topological polar surface area (TPSA) is 42.1 Å². The average Bonchev–Trinajstić information content (AvgIpc) is 2.73. The SMILES string of the molecule is Nc1cccc(CN2CCc3ccccc32)n1. The first-order valence-corrected chi connectivity index (χ1v) is 5.87. The summed E-state index contributed by atoms with van der Waals surface area (Å²) in [5.41, 5.74) is 9.48. The highest BCUT2D eigenvalue weighted by molar-refractivity contribution is 5.57. The molecule has 2 aromatic rings. The van der Waals surface area contributed by atoms with Gasteiger partial charge in [0.25, 0.3) is 0 Å². The van der Waals surface area contributed by atoms with Gasteiger partial charge in [-0.05, 0) is 30.2 Å². The monoisotopic (exact) mass is 225 g/mol. The van der Waals surface area contributed by atoms with Crippen LogP contribution in [-0.2, 0) is 13.0 Å². The van der Waals surface area contributed by atoms with Crippen molar-refractivity contribution >= 4 is 11.5 Å². The molecule has 1 aliphatic heterocycles. The van der Waals surface area contributed by atoms with Crippen LogP contribution in [0, 0.1) is 0 Å². The molecule has 86 valence electrons. The van der Waals surface area contributed by atoms with Crippen LogP contribution in [0.4, 0.5) is 11.5 Å². The minimum Gasteiger partial charge on any atom is -0.384 e. The van der Waals surface area contributed by atoms with Crippen molar-refractivity contribution in [2.24, 2.45) is 0 Å². The molecule has 0 radical (unpaired) electrons. The summed E-state index contributed by atoms with van der Waals surface area (Å²) in [4.78, 5) is 6.70. The van der Waals surface area contributed by atoms with Crippen LogP contribution in [-0.4, -0.2) is 11.5 Å². The number of hydrogen-bond donors (Lipinski definition) is 1. The molecule has 3 heteroatoms. The highest BCUT2D eigenvalue weighted by atomic mass is 15.2. The molecule has 0 saturated carbocycles. The van der Waals surface area contributed by atoms with E-state index in [1.807, 2.05) is 18.2 Å². The van der Waals surface area contributed by atoms with Gasteiger partial charge in [-0.1, -0.05) is 24.3 Å². The Morgan fingerprint density at radius 1 is 1.12 bits per heavy atom. The fourth-order valence-corrected chi connectivity index (χ4v) is 2.35. The van der Waals surface area contributed by atoms with E-state index >= 15 is 0 Å². The Hall–Kier alpha value is -2.03. The second kappa shape index (κ2) is 4.09. The number of benzene rings is 1. The number of hydrogen-bond acceptors (Lipinski definition) is 3. The van der Waals surface area contributed by atoms with E-state index in [1.54, 1.807) is 0 Å². The molecule has 3 nitrogen and oxygen atoms in total. The van der Waals surface area contributed by atoms with Gasteiger partial charge in [0.05, 0.1) is 12.2 Å². The Kier molecular flexibility index (Phi) is 2.44. The van der Waals surface area contributed by atoms with Gasteiger partial charge in [0, 0.05) is 12.2 Å². The van der Waals surface area contributed by atoms with Gasteiger partial charge >= 0.3 is 0 Å². The molecule has 17 heavy (non-hydrogen) atoms. The highest BCUT2D eigenvalue weighted by Crippen LogP contribution is 2.28. The Balaban J connectivity index is 1.84. The minimum atomic E-state index is 0.593. The van der Waals surface area contributed by atoms with E-state index in [4.69, 9.17) is 5.73 Å². The van der Waals surface area contributed by atoms with Crippen LogP contribution in [0.5, 0.6) is 0 Å². The summed E-state index contributed by atoms with van der Waals surface area (Å²) < 4.78 is 0. The van der Waals surface area contributed by atoms with Crippen molar-refractivity contribution in [1.82, 2.24) is 4.98 Å². The molecular weight excluding hydrogens is 210 g/mol. The number of anilines is 2. The molecule has 0 atom stereocenters. The summed E-state index contributed by atoms with van der Waals surface area (Å²) in [5.74, 6) is 0.593. The highest BCUT2D eigenvalue weighted by Gasteiger charge is 2.18. The molecule has 2 N–H and O–H groups in total. The van der Waals surface area contributed by atoms with Gasteiger partial charge in [0.15, 0.2) is 0 Å². The van der Waals surface area contributed by atoms with Gasteiger partial charge in [0.1, 0.15) is 5.82 Å². The van der Waals surface area contributed by atoms with Crippen LogP contribution < -0.4 is 10.6 Å². The molecule has 3 rings (SSSR count). The predicted molar refractivity (Wildman–Crippen MR) is 69.8 cm³/mol. The third-order valence-electron chi connectivity index (χ3n) is 3.16. The molecule has 0 saturated heterocycles. The fraction of sp³-hybridized carbons (Fsp3) is 0.214. The minimum absolute atomic E-state index is 0.593. The van der Waals surface area contributed by atoms with Crippen molar-refractivity contribution in [1.29, 1.82) is 0 Å². The number of nitrogens with two attached hydrogens (primary N) is 1. The van der Waals surface area contributed by atoms with Crippen molar-refractivity contribution < 1.29 is 0 Å². The van der Waals surface area contributed by atoms with E-state index in [0.717, 1.165) is 25.2 Å². The lowest BCUT2D eigenvalue weighted by Crippen LogP contribution is -2.20.